The van der Waals surface area contributed by atoms with E-state index in [0.717, 1.165) is 17.7 Å². The van der Waals surface area contributed by atoms with E-state index in [1.807, 2.05) is 0 Å². The molecule has 0 unspecified atom stereocenters. The van der Waals surface area contributed by atoms with Gasteiger partial charge in [-0.1, -0.05) is 187 Å². The van der Waals surface area contributed by atoms with Crippen molar-refractivity contribution in [1.82, 2.24) is 0 Å². The molecule has 0 aliphatic carbocycles. The second-order valence-corrected chi connectivity index (χ2v) is 17.7. The highest BCUT2D eigenvalue weighted by Gasteiger charge is 2.22. The van der Waals surface area contributed by atoms with Gasteiger partial charge >= 0.3 is 0 Å². The van der Waals surface area contributed by atoms with Crippen molar-refractivity contribution in [3.63, 3.8) is 0 Å². The van der Waals surface area contributed by atoms with E-state index in [1.54, 1.807) is 0 Å². The first-order valence-corrected chi connectivity index (χ1v) is 20.3. The Morgan fingerprint density at radius 1 is 0.383 bits per heavy atom. The van der Waals surface area contributed by atoms with E-state index in [-0.39, 0.29) is 0 Å². The standard InChI is InChI=1S/C43H36OP2Si/c1-5-20-35(21-6-1)45(36-22-7-2-8-23-36)33-34-19-13-17-31-42(34)47-43-32-18-15-29-40(43)44-39-28-14-16-30-41(39)46(37-24-9-3-10-25-37)38-26-11-4-12-27-38/h1-32H,33,47H2. The van der Waals surface area contributed by atoms with Gasteiger partial charge in [0, 0.05) is 11.5 Å². The Kier molecular flexibility index (Phi) is 10.1. The minimum absolute atomic E-state index is 0.528. The minimum Gasteiger partial charge on any atom is -0.457 e. The van der Waals surface area contributed by atoms with Gasteiger partial charge in [0.25, 0.3) is 0 Å². The van der Waals surface area contributed by atoms with Crippen molar-refractivity contribution in [2.75, 3.05) is 0 Å². The van der Waals surface area contributed by atoms with Gasteiger partial charge in [0.15, 0.2) is 0 Å². The summed E-state index contributed by atoms with van der Waals surface area (Å²) in [5.41, 5.74) is 1.45. The maximum atomic E-state index is 6.95. The quantitative estimate of drug-likeness (QED) is 0.108. The maximum absolute atomic E-state index is 6.95. The number of hydrogen-bond acceptors (Lipinski definition) is 1. The van der Waals surface area contributed by atoms with Crippen LogP contribution >= 0.6 is 15.8 Å². The zero-order valence-electron chi connectivity index (χ0n) is 26.2. The van der Waals surface area contributed by atoms with Crippen LogP contribution in [0.3, 0.4) is 0 Å². The summed E-state index contributed by atoms with van der Waals surface area (Å²) in [6.45, 7) is 0. The molecular weight excluding hydrogens is 623 g/mol. The fourth-order valence-corrected chi connectivity index (χ4v) is 12.7. The molecule has 0 radical (unpaired) electrons. The van der Waals surface area contributed by atoms with E-state index < -0.39 is 25.4 Å². The highest BCUT2D eigenvalue weighted by molar-refractivity contribution is 7.80. The van der Waals surface area contributed by atoms with Gasteiger partial charge in [-0.25, -0.2) is 0 Å². The number of para-hydroxylation sites is 2. The largest absolute Gasteiger partial charge is 0.457 e. The molecule has 7 aromatic rings. The van der Waals surface area contributed by atoms with Crippen molar-refractivity contribution in [1.29, 1.82) is 0 Å². The van der Waals surface area contributed by atoms with Gasteiger partial charge in [-0.15, -0.1) is 0 Å². The summed E-state index contributed by atoms with van der Waals surface area (Å²) in [5, 5.41) is 9.49. The summed E-state index contributed by atoms with van der Waals surface area (Å²) < 4.78 is 6.95. The van der Waals surface area contributed by atoms with Crippen LogP contribution in [0.15, 0.2) is 194 Å². The molecule has 0 heterocycles. The molecule has 0 fully saturated rings. The lowest BCUT2D eigenvalue weighted by molar-refractivity contribution is 0.490. The van der Waals surface area contributed by atoms with Crippen LogP contribution in [0.5, 0.6) is 11.5 Å². The third kappa shape index (κ3) is 7.53. The topological polar surface area (TPSA) is 9.23 Å². The van der Waals surface area contributed by atoms with Crippen LogP contribution in [0.4, 0.5) is 0 Å². The molecule has 0 spiro atoms. The number of hydrogen-bond donors (Lipinski definition) is 0. The zero-order valence-corrected chi connectivity index (χ0v) is 29.4. The molecule has 0 amide bonds. The molecular formula is C43H36OP2Si. The second-order valence-electron chi connectivity index (χ2n) is 11.4. The summed E-state index contributed by atoms with van der Waals surface area (Å²) >= 11 is 0. The van der Waals surface area contributed by atoms with Crippen LogP contribution < -0.4 is 41.6 Å². The van der Waals surface area contributed by atoms with Gasteiger partial charge in [0.1, 0.15) is 11.5 Å². The SMILES string of the molecule is c1ccc(P(Cc2ccccc2[SiH2]c2ccccc2Oc2ccccc2P(c2ccccc2)c2ccccc2)c2ccccc2)cc1. The van der Waals surface area contributed by atoms with Crippen molar-refractivity contribution >= 4 is 62.3 Å². The van der Waals surface area contributed by atoms with Gasteiger partial charge < -0.3 is 4.74 Å². The van der Waals surface area contributed by atoms with E-state index >= 15 is 0 Å². The molecule has 0 atom stereocenters. The molecule has 0 aliphatic heterocycles. The fraction of sp³-hybridized carbons (Fsp3) is 0.0233. The van der Waals surface area contributed by atoms with Crippen molar-refractivity contribution in [2.24, 2.45) is 0 Å². The molecule has 0 bridgehead atoms. The van der Waals surface area contributed by atoms with E-state index in [2.05, 4.69) is 194 Å². The minimum atomic E-state index is -0.853. The first kappa shape index (κ1) is 31.0. The lowest BCUT2D eigenvalue weighted by Crippen LogP contribution is -2.31. The van der Waals surface area contributed by atoms with E-state index in [0.29, 0.717) is 0 Å². The first-order valence-electron chi connectivity index (χ1n) is 16.0. The van der Waals surface area contributed by atoms with Crippen molar-refractivity contribution in [3.8, 4) is 11.5 Å². The number of ether oxygens (including phenoxy) is 1. The van der Waals surface area contributed by atoms with Crippen molar-refractivity contribution in [2.45, 2.75) is 6.16 Å². The van der Waals surface area contributed by atoms with Crippen LogP contribution in [-0.2, 0) is 6.16 Å². The first-order chi connectivity index (χ1) is 23.3. The highest BCUT2D eigenvalue weighted by Crippen LogP contribution is 2.38. The zero-order chi connectivity index (χ0) is 31.7. The molecule has 228 valence electrons. The van der Waals surface area contributed by atoms with E-state index in [9.17, 15) is 0 Å². The lowest BCUT2D eigenvalue weighted by Gasteiger charge is -2.23. The molecule has 47 heavy (non-hydrogen) atoms. The maximum Gasteiger partial charge on any atom is 0.135 e. The van der Waals surface area contributed by atoms with Crippen molar-refractivity contribution < 1.29 is 4.74 Å². The van der Waals surface area contributed by atoms with Crippen LogP contribution in [-0.4, -0.2) is 9.52 Å². The van der Waals surface area contributed by atoms with Crippen LogP contribution in [0.2, 0.25) is 0 Å². The smallest absolute Gasteiger partial charge is 0.135 e. The normalized spacial score (nSPS) is 11.4. The number of rotatable bonds is 11. The fourth-order valence-electron chi connectivity index (χ4n) is 5.98. The average Bonchev–Trinajstić information content (AvgIpc) is 3.14. The highest BCUT2D eigenvalue weighted by atomic mass is 31.1. The molecule has 4 heteroatoms. The predicted molar refractivity (Wildman–Crippen MR) is 209 cm³/mol. The summed E-state index contributed by atoms with van der Waals surface area (Å²) in [7, 11) is -2.17. The van der Waals surface area contributed by atoms with Gasteiger partial charge in [0.05, 0.1) is 9.52 Å². The molecule has 7 aromatic carbocycles. The Balaban J connectivity index is 1.21. The Morgan fingerprint density at radius 3 is 1.38 bits per heavy atom. The van der Waals surface area contributed by atoms with Crippen LogP contribution in [0.25, 0.3) is 0 Å². The lowest BCUT2D eigenvalue weighted by atomic mass is 10.2. The summed E-state index contributed by atoms with van der Waals surface area (Å²) in [6, 6.07) is 70.1. The van der Waals surface area contributed by atoms with Crippen LogP contribution in [0, 0.1) is 0 Å². The predicted octanol–water partition coefficient (Wildman–Crippen LogP) is 6.99. The third-order valence-corrected chi connectivity index (χ3v) is 15.3. The molecule has 1 nitrogen and oxygen atoms in total. The molecule has 0 saturated heterocycles. The van der Waals surface area contributed by atoms with Gasteiger partial charge in [-0.05, 0) is 59.9 Å². The second kappa shape index (κ2) is 15.3. The van der Waals surface area contributed by atoms with Gasteiger partial charge in [0.2, 0.25) is 0 Å². The van der Waals surface area contributed by atoms with E-state index in [4.69, 9.17) is 4.74 Å². The Bertz CT molecular complexity index is 1940. The summed E-state index contributed by atoms with van der Waals surface area (Å²) in [5.74, 6) is 1.89. The Labute approximate surface area is 283 Å². The molecule has 0 N–H and O–H groups in total. The Morgan fingerprint density at radius 2 is 0.809 bits per heavy atom. The van der Waals surface area contributed by atoms with Gasteiger partial charge in [-0.2, -0.15) is 0 Å². The van der Waals surface area contributed by atoms with Crippen LogP contribution in [0.1, 0.15) is 5.56 Å². The Hall–Kier alpha value is -4.58. The van der Waals surface area contributed by atoms with E-state index in [1.165, 1.54) is 42.5 Å². The number of benzene rings is 7. The molecule has 0 aliphatic rings. The third-order valence-electron chi connectivity index (χ3n) is 8.29. The summed E-state index contributed by atoms with van der Waals surface area (Å²) in [4.78, 5) is 0. The van der Waals surface area contributed by atoms with Crippen molar-refractivity contribution in [3.05, 3.63) is 200 Å². The summed E-state index contributed by atoms with van der Waals surface area (Å²) in [6.07, 6.45) is 1.02. The van der Waals surface area contributed by atoms with Gasteiger partial charge in [-0.3, -0.25) is 0 Å². The molecule has 0 saturated carbocycles. The molecule has 0 aromatic heterocycles. The molecule has 7 rings (SSSR count). The average molecular weight is 659 g/mol. The monoisotopic (exact) mass is 658 g/mol.